The number of hydrogen-bond acceptors (Lipinski definition) is 8. The molecule has 0 bridgehead atoms. The molecule has 0 aliphatic carbocycles. The zero-order chi connectivity index (χ0) is 22.0. The lowest BCUT2D eigenvalue weighted by atomic mass is 10.0. The number of hydrogen-bond donors (Lipinski definition) is 4. The smallest absolute Gasteiger partial charge is 0.274 e. The number of methoxy groups -OCH3 is 1. The first-order valence-electron chi connectivity index (χ1n) is 9.82. The van der Waals surface area contributed by atoms with E-state index >= 15 is 0 Å². The molecule has 0 unspecified atom stereocenters. The van der Waals surface area contributed by atoms with E-state index in [9.17, 15) is 8.42 Å². The van der Waals surface area contributed by atoms with Crippen molar-refractivity contribution in [3.8, 4) is 5.75 Å². The maximum absolute atomic E-state index is 11.5. The zero-order valence-electron chi connectivity index (χ0n) is 17.1. The van der Waals surface area contributed by atoms with Crippen LogP contribution in [0.15, 0.2) is 42.9 Å². The molecule has 2 aromatic heterocycles. The molecule has 3 heterocycles. The van der Waals surface area contributed by atoms with E-state index in [1.165, 1.54) is 6.33 Å². The quantitative estimate of drug-likeness (QED) is 0.401. The second-order valence-electron chi connectivity index (χ2n) is 7.56. The number of ether oxygens (including phenoxy) is 1. The third-order valence-corrected chi connectivity index (χ3v) is 5.96. The molecule has 1 saturated heterocycles. The predicted molar refractivity (Wildman–Crippen MR) is 117 cm³/mol. The van der Waals surface area contributed by atoms with E-state index in [0.717, 1.165) is 29.1 Å². The third-order valence-electron chi connectivity index (χ3n) is 5.33. The second kappa shape index (κ2) is 8.77. The summed E-state index contributed by atoms with van der Waals surface area (Å²) >= 11 is 0. The van der Waals surface area contributed by atoms with Gasteiger partial charge in [-0.1, -0.05) is 6.07 Å². The Morgan fingerprint density at radius 3 is 2.94 bits per heavy atom. The molecule has 0 radical (unpaired) electrons. The maximum atomic E-state index is 11.5. The first-order valence-corrected chi connectivity index (χ1v) is 11.4. The summed E-state index contributed by atoms with van der Waals surface area (Å²) in [5.74, 6) is 1.40. The molecule has 11 nitrogen and oxygen atoms in total. The molecule has 0 spiro atoms. The van der Waals surface area contributed by atoms with Crippen LogP contribution in [-0.2, 0) is 16.8 Å². The van der Waals surface area contributed by atoms with Gasteiger partial charge in [0.05, 0.1) is 13.2 Å². The molecule has 1 aliphatic heterocycles. The van der Waals surface area contributed by atoms with Crippen LogP contribution in [0, 0.1) is 0 Å². The highest BCUT2D eigenvalue weighted by molar-refractivity contribution is 7.87. The van der Waals surface area contributed by atoms with Gasteiger partial charge in [0.1, 0.15) is 17.6 Å². The van der Waals surface area contributed by atoms with Crippen LogP contribution in [-0.4, -0.2) is 60.2 Å². The molecule has 3 aromatic rings. The first-order chi connectivity index (χ1) is 14.8. The van der Waals surface area contributed by atoms with Crippen LogP contribution in [0.2, 0.25) is 0 Å². The standard InChI is InChI=1S/C19H26N8O3S/c1-30-15-4-2-3-14(9-15)24-19-18-13(5-8-27(18)23-12-22-19)10-26-7-6-16(20)17(11-26)25-31(21,28)29/h2-5,8-9,12,16-17,25H,6-7,10-11,20H2,1H3,(H2,21,28,29)(H,22,23,24)/t16-,17-/m1/s1. The molecule has 31 heavy (non-hydrogen) atoms. The minimum absolute atomic E-state index is 0.283. The summed E-state index contributed by atoms with van der Waals surface area (Å²) in [7, 11) is -2.20. The minimum atomic E-state index is -3.82. The molecule has 1 aromatic carbocycles. The van der Waals surface area contributed by atoms with Gasteiger partial charge in [-0.2, -0.15) is 18.2 Å². The van der Waals surface area contributed by atoms with E-state index in [1.54, 1.807) is 11.6 Å². The number of anilines is 2. The number of rotatable bonds is 7. The Morgan fingerprint density at radius 1 is 1.32 bits per heavy atom. The van der Waals surface area contributed by atoms with E-state index in [1.807, 2.05) is 36.5 Å². The van der Waals surface area contributed by atoms with Gasteiger partial charge in [0.25, 0.3) is 10.2 Å². The monoisotopic (exact) mass is 446 g/mol. The Bertz CT molecular complexity index is 1170. The number of fused-ring (bicyclic) bond motifs is 1. The molecule has 0 amide bonds. The fourth-order valence-corrected chi connectivity index (χ4v) is 4.50. The SMILES string of the molecule is COc1cccc(Nc2ncnn3ccc(CN4CC[C@@H](N)[C@H](NS(N)(=O)=O)C4)c23)c1. The van der Waals surface area contributed by atoms with Crippen molar-refractivity contribution in [1.82, 2.24) is 24.2 Å². The molecule has 4 rings (SSSR count). The number of likely N-dealkylation sites (tertiary alicyclic amines) is 1. The largest absolute Gasteiger partial charge is 0.497 e. The van der Waals surface area contributed by atoms with E-state index in [4.69, 9.17) is 15.6 Å². The topological polar surface area (TPSA) is 153 Å². The average molecular weight is 447 g/mol. The Labute approximate surface area is 180 Å². The van der Waals surface area contributed by atoms with Gasteiger partial charge in [-0.15, -0.1) is 0 Å². The lowest BCUT2D eigenvalue weighted by Crippen LogP contribution is -2.58. The third kappa shape index (κ3) is 5.11. The van der Waals surface area contributed by atoms with Crippen molar-refractivity contribution in [2.75, 3.05) is 25.5 Å². The Morgan fingerprint density at radius 2 is 2.16 bits per heavy atom. The Kier molecular flexibility index (Phi) is 6.07. The van der Waals surface area contributed by atoms with Gasteiger partial charge in [-0.25, -0.2) is 14.6 Å². The number of nitrogens with zero attached hydrogens (tertiary/aromatic N) is 4. The molecule has 12 heteroatoms. The number of nitrogens with one attached hydrogen (secondary N) is 2. The lowest BCUT2D eigenvalue weighted by Gasteiger charge is -2.36. The number of benzene rings is 1. The van der Waals surface area contributed by atoms with Crippen molar-refractivity contribution in [1.29, 1.82) is 0 Å². The van der Waals surface area contributed by atoms with Crippen molar-refractivity contribution in [3.63, 3.8) is 0 Å². The molecule has 2 atom stereocenters. The van der Waals surface area contributed by atoms with Gasteiger partial charge in [-0.3, -0.25) is 4.90 Å². The number of aromatic nitrogens is 3. The van der Waals surface area contributed by atoms with Crippen molar-refractivity contribution in [3.05, 3.63) is 48.4 Å². The first kappa shape index (κ1) is 21.5. The van der Waals surface area contributed by atoms with Gasteiger partial charge in [0, 0.05) is 43.6 Å². The highest BCUT2D eigenvalue weighted by Gasteiger charge is 2.29. The molecule has 166 valence electrons. The molecule has 0 saturated carbocycles. The van der Waals surface area contributed by atoms with Crippen LogP contribution >= 0.6 is 0 Å². The highest BCUT2D eigenvalue weighted by Crippen LogP contribution is 2.26. The summed E-state index contributed by atoms with van der Waals surface area (Å²) in [6.45, 7) is 1.79. The van der Waals surface area contributed by atoms with Crippen molar-refractivity contribution in [2.45, 2.75) is 25.0 Å². The van der Waals surface area contributed by atoms with Crippen LogP contribution in [0.4, 0.5) is 11.5 Å². The maximum Gasteiger partial charge on any atom is 0.274 e. The average Bonchev–Trinajstić information content (AvgIpc) is 3.13. The molecule has 1 aliphatic rings. The fraction of sp³-hybridized carbons (Fsp3) is 0.368. The second-order valence-corrected chi connectivity index (χ2v) is 8.88. The van der Waals surface area contributed by atoms with Crippen molar-refractivity contribution in [2.24, 2.45) is 10.9 Å². The molecule has 1 fully saturated rings. The molecular formula is C19H26N8O3S. The summed E-state index contributed by atoms with van der Waals surface area (Å²) in [4.78, 5) is 6.57. The highest BCUT2D eigenvalue weighted by atomic mass is 32.2. The van der Waals surface area contributed by atoms with Gasteiger partial charge in [0.2, 0.25) is 0 Å². The summed E-state index contributed by atoms with van der Waals surface area (Å²) in [5, 5.41) is 12.8. The van der Waals surface area contributed by atoms with Gasteiger partial charge in [-0.05, 0) is 30.2 Å². The summed E-state index contributed by atoms with van der Waals surface area (Å²) in [5.41, 5.74) is 8.79. The fourth-order valence-electron chi connectivity index (χ4n) is 3.83. The van der Waals surface area contributed by atoms with Gasteiger partial charge < -0.3 is 15.8 Å². The summed E-state index contributed by atoms with van der Waals surface area (Å²) in [6, 6.07) is 8.84. The normalized spacial score (nSPS) is 20.1. The van der Waals surface area contributed by atoms with E-state index < -0.39 is 16.3 Å². The summed E-state index contributed by atoms with van der Waals surface area (Å²) < 4.78 is 32.4. The van der Waals surface area contributed by atoms with Crippen LogP contribution in [0.1, 0.15) is 12.0 Å². The zero-order valence-corrected chi connectivity index (χ0v) is 17.9. The van der Waals surface area contributed by atoms with E-state index in [-0.39, 0.29) is 6.04 Å². The predicted octanol–water partition coefficient (Wildman–Crippen LogP) is 0.176. The van der Waals surface area contributed by atoms with Crippen LogP contribution in [0.5, 0.6) is 5.75 Å². The van der Waals surface area contributed by atoms with Crippen molar-refractivity contribution < 1.29 is 13.2 Å². The lowest BCUT2D eigenvalue weighted by molar-refractivity contribution is 0.178. The van der Waals surface area contributed by atoms with Gasteiger partial charge >= 0.3 is 0 Å². The van der Waals surface area contributed by atoms with Crippen LogP contribution in [0.25, 0.3) is 5.52 Å². The number of piperidine rings is 1. The minimum Gasteiger partial charge on any atom is -0.497 e. The van der Waals surface area contributed by atoms with Gasteiger partial charge in [0.15, 0.2) is 5.82 Å². The Hall–Kier alpha value is -2.77. The van der Waals surface area contributed by atoms with E-state index in [2.05, 4.69) is 25.0 Å². The molecular weight excluding hydrogens is 420 g/mol. The summed E-state index contributed by atoms with van der Waals surface area (Å²) in [6.07, 6.45) is 4.02. The van der Waals surface area contributed by atoms with Crippen LogP contribution in [0.3, 0.4) is 0 Å². The molecule has 6 N–H and O–H groups in total. The van der Waals surface area contributed by atoms with E-state index in [0.29, 0.717) is 25.3 Å². The Balaban J connectivity index is 1.57. The van der Waals surface area contributed by atoms with Crippen molar-refractivity contribution >= 4 is 27.2 Å². The number of nitrogens with two attached hydrogens (primary N) is 2. The van der Waals surface area contributed by atoms with Crippen LogP contribution < -0.4 is 25.6 Å².